The van der Waals surface area contributed by atoms with Crippen molar-refractivity contribution in [3.8, 4) is 11.5 Å². The van der Waals surface area contributed by atoms with E-state index in [1.807, 2.05) is 0 Å². The molecule has 0 spiro atoms. The molecule has 0 aromatic heterocycles. The highest BCUT2D eigenvalue weighted by atomic mass is 16.5. The van der Waals surface area contributed by atoms with E-state index >= 15 is 0 Å². The molecule has 0 atom stereocenters. The van der Waals surface area contributed by atoms with Crippen LogP contribution in [0.3, 0.4) is 0 Å². The number of aromatic hydroxyl groups is 1. The second-order valence-electron chi connectivity index (χ2n) is 3.73. The van der Waals surface area contributed by atoms with Crippen LogP contribution in [-0.4, -0.2) is 34.4 Å². The van der Waals surface area contributed by atoms with Gasteiger partial charge in [-0.3, -0.25) is 4.79 Å². The van der Waals surface area contributed by atoms with E-state index in [9.17, 15) is 14.7 Å². The number of carboxylic acids is 2. The monoisotopic (exact) mass is 254 g/mol. The number of methoxy groups -OCH3 is 1. The van der Waals surface area contributed by atoms with Crippen LogP contribution in [0.4, 0.5) is 0 Å². The second-order valence-corrected chi connectivity index (χ2v) is 3.73. The Balaban J connectivity index is 2.95. The fraction of sp³-hybridized carbons (Fsp3) is 0.333. The molecule has 0 aliphatic heterocycles. The maximum atomic E-state index is 11.0. The van der Waals surface area contributed by atoms with Crippen molar-refractivity contribution in [3.63, 3.8) is 0 Å². The first-order valence-electron chi connectivity index (χ1n) is 5.30. The number of rotatable bonds is 6. The van der Waals surface area contributed by atoms with Crippen LogP contribution in [0.15, 0.2) is 12.1 Å². The Morgan fingerprint density at radius 1 is 1.28 bits per heavy atom. The Morgan fingerprint density at radius 2 is 1.94 bits per heavy atom. The van der Waals surface area contributed by atoms with Crippen LogP contribution in [0.1, 0.15) is 28.8 Å². The molecule has 0 unspecified atom stereocenters. The van der Waals surface area contributed by atoms with Gasteiger partial charge in [0, 0.05) is 12.5 Å². The number of carbonyl (C=O) groups is 2. The van der Waals surface area contributed by atoms with Crippen molar-refractivity contribution in [1.82, 2.24) is 0 Å². The SMILES string of the molecule is COc1cc(O)c(CCCC(=O)O)cc1C(=O)O. The van der Waals surface area contributed by atoms with Gasteiger partial charge in [0.1, 0.15) is 17.1 Å². The number of hydrogen-bond acceptors (Lipinski definition) is 4. The number of benzene rings is 1. The molecule has 1 aromatic carbocycles. The molecule has 18 heavy (non-hydrogen) atoms. The third-order valence-electron chi connectivity index (χ3n) is 2.47. The first kappa shape index (κ1) is 13.8. The largest absolute Gasteiger partial charge is 0.508 e. The average Bonchev–Trinajstić information content (AvgIpc) is 2.29. The summed E-state index contributed by atoms with van der Waals surface area (Å²) in [7, 11) is 1.31. The van der Waals surface area contributed by atoms with Crippen LogP contribution in [0.25, 0.3) is 0 Å². The van der Waals surface area contributed by atoms with Crippen LogP contribution in [0.5, 0.6) is 11.5 Å². The van der Waals surface area contributed by atoms with E-state index in [1.54, 1.807) is 0 Å². The minimum atomic E-state index is -1.16. The molecule has 1 rings (SSSR count). The summed E-state index contributed by atoms with van der Waals surface area (Å²) in [5.74, 6) is -2.11. The summed E-state index contributed by atoms with van der Waals surface area (Å²) in [6.45, 7) is 0. The van der Waals surface area contributed by atoms with Gasteiger partial charge in [-0.2, -0.15) is 0 Å². The molecule has 0 radical (unpaired) electrons. The quantitative estimate of drug-likeness (QED) is 0.710. The summed E-state index contributed by atoms with van der Waals surface area (Å²) < 4.78 is 4.85. The van der Waals surface area contributed by atoms with Gasteiger partial charge in [0.15, 0.2) is 0 Å². The minimum Gasteiger partial charge on any atom is -0.508 e. The van der Waals surface area contributed by atoms with Gasteiger partial charge in [-0.25, -0.2) is 4.79 Å². The molecule has 98 valence electrons. The van der Waals surface area contributed by atoms with Gasteiger partial charge in [-0.1, -0.05) is 0 Å². The molecular formula is C12H14O6. The number of phenols is 1. The molecule has 0 aliphatic rings. The average molecular weight is 254 g/mol. The number of phenolic OH excluding ortho intramolecular Hbond substituents is 1. The first-order valence-corrected chi connectivity index (χ1v) is 5.30. The maximum Gasteiger partial charge on any atom is 0.339 e. The number of ether oxygens (including phenoxy) is 1. The lowest BCUT2D eigenvalue weighted by molar-refractivity contribution is -0.137. The van der Waals surface area contributed by atoms with Gasteiger partial charge >= 0.3 is 11.9 Å². The first-order chi connectivity index (χ1) is 8.45. The number of carboxylic acid groups (broad SMARTS) is 2. The van der Waals surface area contributed by atoms with Crippen LogP contribution in [0.2, 0.25) is 0 Å². The van der Waals surface area contributed by atoms with E-state index in [4.69, 9.17) is 14.9 Å². The fourth-order valence-corrected chi connectivity index (χ4v) is 1.58. The Hall–Kier alpha value is -2.24. The van der Waals surface area contributed by atoms with Gasteiger partial charge in [0.2, 0.25) is 0 Å². The standard InChI is InChI=1S/C12H14O6/c1-18-10-6-9(13)7(3-2-4-11(14)15)5-8(10)12(16)17/h5-6,13H,2-4H2,1H3,(H,14,15)(H,16,17). The Bertz CT molecular complexity index is 466. The molecule has 6 heteroatoms. The summed E-state index contributed by atoms with van der Waals surface area (Å²) >= 11 is 0. The van der Waals surface area contributed by atoms with E-state index in [0.717, 1.165) is 0 Å². The van der Waals surface area contributed by atoms with Crippen molar-refractivity contribution in [2.75, 3.05) is 7.11 Å². The lowest BCUT2D eigenvalue weighted by atomic mass is 10.0. The van der Waals surface area contributed by atoms with E-state index in [1.165, 1.54) is 19.2 Å². The molecule has 0 heterocycles. The molecule has 6 nitrogen and oxygen atoms in total. The second kappa shape index (κ2) is 5.90. The molecule has 0 bridgehead atoms. The van der Waals surface area contributed by atoms with Crippen molar-refractivity contribution in [2.24, 2.45) is 0 Å². The molecule has 1 aromatic rings. The third kappa shape index (κ3) is 3.38. The van der Waals surface area contributed by atoms with Crippen LogP contribution in [0, 0.1) is 0 Å². The van der Waals surface area contributed by atoms with Gasteiger partial charge in [0.05, 0.1) is 7.11 Å². The van der Waals surface area contributed by atoms with E-state index < -0.39 is 11.9 Å². The third-order valence-corrected chi connectivity index (χ3v) is 2.47. The van der Waals surface area contributed by atoms with E-state index in [0.29, 0.717) is 18.4 Å². The van der Waals surface area contributed by atoms with Gasteiger partial charge < -0.3 is 20.1 Å². The van der Waals surface area contributed by atoms with Gasteiger partial charge in [0.25, 0.3) is 0 Å². The van der Waals surface area contributed by atoms with E-state index in [-0.39, 0.29) is 23.5 Å². The minimum absolute atomic E-state index is 0.0339. The smallest absolute Gasteiger partial charge is 0.339 e. The van der Waals surface area contributed by atoms with Crippen LogP contribution >= 0.6 is 0 Å². The van der Waals surface area contributed by atoms with Crippen LogP contribution in [-0.2, 0) is 11.2 Å². The van der Waals surface area contributed by atoms with Crippen molar-refractivity contribution < 1.29 is 29.6 Å². The van der Waals surface area contributed by atoms with Crippen molar-refractivity contribution >= 4 is 11.9 Å². The summed E-state index contributed by atoms with van der Waals surface area (Å²) in [6.07, 6.45) is 0.588. The zero-order valence-corrected chi connectivity index (χ0v) is 9.84. The molecule has 0 saturated carbocycles. The molecule has 0 saturated heterocycles. The molecular weight excluding hydrogens is 240 g/mol. The Kier molecular flexibility index (Phi) is 4.53. The van der Waals surface area contributed by atoms with Crippen molar-refractivity contribution in [1.29, 1.82) is 0 Å². The van der Waals surface area contributed by atoms with Gasteiger partial charge in [-0.05, 0) is 24.5 Å². The molecule has 0 amide bonds. The van der Waals surface area contributed by atoms with Crippen LogP contribution < -0.4 is 4.74 Å². The zero-order chi connectivity index (χ0) is 13.7. The fourth-order valence-electron chi connectivity index (χ4n) is 1.58. The lowest BCUT2D eigenvalue weighted by Crippen LogP contribution is -2.03. The molecule has 0 aliphatic carbocycles. The summed E-state index contributed by atoms with van der Waals surface area (Å²) in [5.41, 5.74) is 0.343. The van der Waals surface area contributed by atoms with Crippen molar-refractivity contribution in [2.45, 2.75) is 19.3 Å². The topological polar surface area (TPSA) is 104 Å². The highest BCUT2D eigenvalue weighted by Gasteiger charge is 2.15. The number of hydrogen-bond donors (Lipinski definition) is 3. The number of aryl methyl sites for hydroxylation is 1. The summed E-state index contributed by atoms with van der Waals surface area (Å²) in [4.78, 5) is 21.3. The molecule has 3 N–H and O–H groups in total. The Morgan fingerprint density at radius 3 is 2.44 bits per heavy atom. The Labute approximate surface area is 103 Å². The zero-order valence-electron chi connectivity index (χ0n) is 9.84. The number of aromatic carboxylic acids is 1. The van der Waals surface area contributed by atoms with Gasteiger partial charge in [-0.15, -0.1) is 0 Å². The predicted octanol–water partition coefficient (Wildman–Crippen LogP) is 1.51. The maximum absolute atomic E-state index is 11.0. The summed E-state index contributed by atoms with van der Waals surface area (Å²) in [5, 5.41) is 27.2. The molecule has 0 fully saturated rings. The predicted molar refractivity (Wildman–Crippen MR) is 62.2 cm³/mol. The van der Waals surface area contributed by atoms with E-state index in [2.05, 4.69) is 0 Å². The number of aliphatic carboxylic acids is 1. The summed E-state index contributed by atoms with van der Waals surface area (Å²) in [6, 6.07) is 2.53. The normalized spacial score (nSPS) is 10.1. The highest BCUT2D eigenvalue weighted by Crippen LogP contribution is 2.29. The lowest BCUT2D eigenvalue weighted by Gasteiger charge is -2.09. The van der Waals surface area contributed by atoms with Crippen molar-refractivity contribution in [3.05, 3.63) is 23.3 Å². The highest BCUT2D eigenvalue weighted by molar-refractivity contribution is 5.91.